The molecular formula is C15H25N2O8P. The molecule has 2 unspecified atom stereocenters. The Morgan fingerprint density at radius 1 is 1.35 bits per heavy atom. The van der Waals surface area contributed by atoms with Gasteiger partial charge in [-0.1, -0.05) is 6.58 Å². The van der Waals surface area contributed by atoms with Crippen LogP contribution in [0, 0.1) is 0 Å². The maximum atomic E-state index is 11.4. The number of carbonyl (C=O) groups excluding carboxylic acids is 1. The zero-order chi connectivity index (χ0) is 19.6. The van der Waals surface area contributed by atoms with E-state index in [2.05, 4.69) is 11.9 Å². The van der Waals surface area contributed by atoms with Crippen molar-refractivity contribution >= 4 is 13.7 Å². The van der Waals surface area contributed by atoms with E-state index in [1.807, 2.05) is 13.8 Å². The predicted octanol–water partition coefficient (Wildman–Crippen LogP) is 0.434. The highest BCUT2D eigenvalue weighted by Gasteiger charge is 2.52. The summed E-state index contributed by atoms with van der Waals surface area (Å²) in [5.74, 6) is -0.0278. The second kappa shape index (κ2) is 8.18. The molecule has 11 heteroatoms. The third-order valence-electron chi connectivity index (χ3n) is 3.93. The van der Waals surface area contributed by atoms with Gasteiger partial charge in [-0.25, -0.2) is 4.57 Å². The van der Waals surface area contributed by atoms with E-state index >= 15 is 0 Å². The summed E-state index contributed by atoms with van der Waals surface area (Å²) >= 11 is 0. The van der Waals surface area contributed by atoms with Crippen LogP contribution in [0.5, 0.6) is 0 Å². The van der Waals surface area contributed by atoms with E-state index in [1.165, 1.54) is 26.3 Å². The van der Waals surface area contributed by atoms with Crippen LogP contribution in [-0.4, -0.2) is 64.5 Å². The molecule has 2 aliphatic rings. The molecule has 0 saturated carbocycles. The molecule has 26 heavy (non-hydrogen) atoms. The summed E-state index contributed by atoms with van der Waals surface area (Å²) in [6.07, 6.45) is -1.19. The SMILES string of the molecule is C=C1NC(=O)C=CN1[C@@H]1O[C@H](C(C)OP(=O)(O)O)[C@H](OC(C)C)C1OC. The molecule has 1 amide bonds. The lowest BCUT2D eigenvalue weighted by Crippen LogP contribution is -2.48. The topological polar surface area (TPSA) is 127 Å². The van der Waals surface area contributed by atoms with Crippen molar-refractivity contribution < 1.29 is 37.9 Å². The second-order valence-corrected chi connectivity index (χ2v) is 7.49. The average molecular weight is 392 g/mol. The summed E-state index contributed by atoms with van der Waals surface area (Å²) in [5, 5.41) is 2.56. The van der Waals surface area contributed by atoms with Crippen LogP contribution in [0.1, 0.15) is 20.8 Å². The normalized spacial score (nSPS) is 30.8. The molecule has 0 aromatic rings. The van der Waals surface area contributed by atoms with Gasteiger partial charge in [-0.2, -0.15) is 0 Å². The Labute approximate surface area is 152 Å². The molecule has 1 saturated heterocycles. The highest BCUT2D eigenvalue weighted by atomic mass is 31.2. The number of methoxy groups -OCH3 is 1. The molecule has 0 bridgehead atoms. The summed E-state index contributed by atoms with van der Waals surface area (Å²) in [6.45, 7) is 8.92. The van der Waals surface area contributed by atoms with E-state index in [1.54, 1.807) is 4.90 Å². The van der Waals surface area contributed by atoms with Gasteiger partial charge in [-0.05, 0) is 20.8 Å². The van der Waals surface area contributed by atoms with Crippen LogP contribution in [0.2, 0.25) is 0 Å². The van der Waals surface area contributed by atoms with Gasteiger partial charge in [0.05, 0.1) is 12.2 Å². The monoisotopic (exact) mass is 392 g/mol. The zero-order valence-corrected chi connectivity index (χ0v) is 16.0. The largest absolute Gasteiger partial charge is 0.469 e. The van der Waals surface area contributed by atoms with Crippen LogP contribution >= 0.6 is 7.82 Å². The van der Waals surface area contributed by atoms with Crippen LogP contribution in [0.15, 0.2) is 24.7 Å². The van der Waals surface area contributed by atoms with E-state index in [4.69, 9.17) is 28.5 Å². The quantitative estimate of drug-likeness (QED) is 0.529. The van der Waals surface area contributed by atoms with Crippen LogP contribution < -0.4 is 5.32 Å². The number of nitrogens with one attached hydrogen (secondary N) is 1. The van der Waals surface area contributed by atoms with Gasteiger partial charge in [0.1, 0.15) is 24.1 Å². The number of rotatable bonds is 7. The van der Waals surface area contributed by atoms with Crippen molar-refractivity contribution in [1.82, 2.24) is 10.2 Å². The Morgan fingerprint density at radius 3 is 2.50 bits per heavy atom. The Hall–Kier alpha value is -1.26. The third-order valence-corrected chi connectivity index (χ3v) is 4.54. The number of ether oxygens (including phenoxy) is 3. The highest BCUT2D eigenvalue weighted by molar-refractivity contribution is 7.46. The second-order valence-electron chi connectivity index (χ2n) is 6.30. The van der Waals surface area contributed by atoms with Gasteiger partial charge in [0.2, 0.25) is 0 Å². The van der Waals surface area contributed by atoms with Crippen molar-refractivity contribution in [2.24, 2.45) is 0 Å². The standard InChI is InChI=1S/C15H25N2O8P/c1-8(2)23-13-12(9(3)25-26(19,20)21)24-15(14(13)22-5)17-7-6-11(18)16-10(17)4/h6-9,12-15H,4H2,1-3,5H3,(H,16,18)(H2,19,20,21)/t9?,12-,13+,14?,15-/m1/s1. The summed E-state index contributed by atoms with van der Waals surface area (Å²) in [5.41, 5.74) is 0. The van der Waals surface area contributed by atoms with Crippen LogP contribution in [0.4, 0.5) is 0 Å². The summed E-state index contributed by atoms with van der Waals surface area (Å²) < 4.78 is 33.4. The van der Waals surface area contributed by atoms with E-state index in [0.29, 0.717) is 0 Å². The minimum atomic E-state index is -4.71. The van der Waals surface area contributed by atoms with Crippen molar-refractivity contribution in [3.63, 3.8) is 0 Å². The van der Waals surface area contributed by atoms with Crippen molar-refractivity contribution in [2.45, 2.75) is 57.5 Å². The number of hydrogen-bond donors (Lipinski definition) is 3. The molecule has 5 atom stereocenters. The lowest BCUT2D eigenvalue weighted by atomic mass is 10.1. The van der Waals surface area contributed by atoms with Gasteiger partial charge >= 0.3 is 7.82 Å². The minimum Gasteiger partial charge on any atom is -0.374 e. The first kappa shape index (κ1) is 21.0. The van der Waals surface area contributed by atoms with Gasteiger partial charge in [-0.3, -0.25) is 9.32 Å². The predicted molar refractivity (Wildman–Crippen MR) is 90.3 cm³/mol. The third kappa shape index (κ3) is 4.92. The molecule has 0 aliphatic carbocycles. The minimum absolute atomic E-state index is 0.190. The molecule has 0 aromatic carbocycles. The smallest absolute Gasteiger partial charge is 0.374 e. The summed E-state index contributed by atoms with van der Waals surface area (Å²) in [7, 11) is -3.24. The maximum Gasteiger partial charge on any atom is 0.469 e. The Bertz CT molecular complexity index is 619. The number of phosphoric ester groups is 1. The highest BCUT2D eigenvalue weighted by Crippen LogP contribution is 2.42. The molecule has 0 aromatic heterocycles. The van der Waals surface area contributed by atoms with Crippen molar-refractivity contribution in [3.05, 3.63) is 24.7 Å². The Balaban J connectivity index is 2.30. The zero-order valence-electron chi connectivity index (χ0n) is 15.1. The Kier molecular flexibility index (Phi) is 6.62. The van der Waals surface area contributed by atoms with E-state index in [0.717, 1.165) is 0 Å². The van der Waals surface area contributed by atoms with Crippen LogP contribution in [0.25, 0.3) is 0 Å². The molecule has 10 nitrogen and oxygen atoms in total. The molecule has 0 spiro atoms. The van der Waals surface area contributed by atoms with Crippen molar-refractivity contribution in [2.75, 3.05) is 7.11 Å². The first-order valence-corrected chi connectivity index (χ1v) is 9.60. The summed E-state index contributed by atoms with van der Waals surface area (Å²) in [4.78, 5) is 31.2. The fourth-order valence-electron chi connectivity index (χ4n) is 2.99. The van der Waals surface area contributed by atoms with Gasteiger partial charge in [0, 0.05) is 19.4 Å². The number of phosphoric acid groups is 1. The average Bonchev–Trinajstić information content (AvgIpc) is 2.83. The van der Waals surface area contributed by atoms with Crippen LogP contribution in [0.3, 0.4) is 0 Å². The number of carbonyl (C=O) groups is 1. The molecule has 0 radical (unpaired) electrons. The lowest BCUT2D eigenvalue weighted by Gasteiger charge is -2.34. The van der Waals surface area contributed by atoms with Crippen LogP contribution in [-0.2, 0) is 28.1 Å². The summed E-state index contributed by atoms with van der Waals surface area (Å²) in [6, 6.07) is 0. The molecule has 2 heterocycles. The molecule has 3 N–H and O–H groups in total. The van der Waals surface area contributed by atoms with Gasteiger partial charge < -0.3 is 34.2 Å². The Morgan fingerprint density at radius 2 is 2.00 bits per heavy atom. The first-order valence-electron chi connectivity index (χ1n) is 8.07. The molecule has 2 aliphatic heterocycles. The molecule has 148 valence electrons. The van der Waals surface area contributed by atoms with E-state index in [9.17, 15) is 9.36 Å². The van der Waals surface area contributed by atoms with Gasteiger partial charge in [0.25, 0.3) is 5.91 Å². The molecule has 1 fully saturated rings. The van der Waals surface area contributed by atoms with Crippen molar-refractivity contribution in [1.29, 1.82) is 0 Å². The van der Waals surface area contributed by atoms with Gasteiger partial charge in [0.15, 0.2) is 6.23 Å². The van der Waals surface area contributed by atoms with E-state index in [-0.39, 0.29) is 17.8 Å². The fraction of sp³-hybridized carbons (Fsp3) is 0.667. The fourth-order valence-corrected chi connectivity index (χ4v) is 3.54. The van der Waals surface area contributed by atoms with E-state index < -0.39 is 38.5 Å². The molecular weight excluding hydrogens is 367 g/mol. The maximum absolute atomic E-state index is 11.4. The molecule has 2 rings (SSSR count). The number of nitrogens with zero attached hydrogens (tertiary/aromatic N) is 1. The van der Waals surface area contributed by atoms with Crippen molar-refractivity contribution in [3.8, 4) is 0 Å². The number of hydrogen-bond acceptors (Lipinski definition) is 7. The number of amides is 1. The lowest BCUT2D eigenvalue weighted by molar-refractivity contribution is -0.119. The van der Waals surface area contributed by atoms with Gasteiger partial charge in [-0.15, -0.1) is 0 Å². The first-order chi connectivity index (χ1) is 12.0.